The van der Waals surface area contributed by atoms with Crippen molar-refractivity contribution in [2.75, 3.05) is 7.05 Å². The van der Waals surface area contributed by atoms with E-state index in [2.05, 4.69) is 10.3 Å². The number of rotatable bonds is 3. The highest BCUT2D eigenvalue weighted by Gasteiger charge is 2.32. The molecule has 0 unspecified atom stereocenters. The van der Waals surface area contributed by atoms with Gasteiger partial charge < -0.3 is 5.32 Å². The van der Waals surface area contributed by atoms with Gasteiger partial charge in [0.1, 0.15) is 5.15 Å². The second kappa shape index (κ2) is 4.82. The quantitative estimate of drug-likeness (QED) is 0.849. The molecule has 0 saturated heterocycles. The lowest BCUT2D eigenvalue weighted by atomic mass is 9.95. The number of nitrogens with zero attached hydrogens (tertiary/aromatic N) is 1. The summed E-state index contributed by atoms with van der Waals surface area (Å²) in [6.45, 7) is 3.76. The molecule has 0 radical (unpaired) electrons. The first-order valence-electron chi connectivity index (χ1n) is 5.06. The van der Waals surface area contributed by atoms with E-state index in [0.717, 1.165) is 12.3 Å². The molecule has 1 rings (SSSR count). The van der Waals surface area contributed by atoms with Crippen LogP contribution in [0.4, 0.5) is 13.2 Å². The Morgan fingerprint density at radius 3 is 2.41 bits per heavy atom. The summed E-state index contributed by atoms with van der Waals surface area (Å²) in [5, 5.41) is 3.12. The summed E-state index contributed by atoms with van der Waals surface area (Å²) in [6, 6.07) is 1.05. The molecule has 0 spiro atoms. The van der Waals surface area contributed by atoms with E-state index in [9.17, 15) is 13.2 Å². The predicted octanol–water partition coefficient (Wildman–Crippen LogP) is 3.29. The second-order valence-electron chi connectivity index (χ2n) is 4.48. The zero-order valence-corrected chi connectivity index (χ0v) is 10.6. The van der Waals surface area contributed by atoms with Gasteiger partial charge in [0.25, 0.3) is 0 Å². The van der Waals surface area contributed by atoms with E-state index >= 15 is 0 Å². The Labute approximate surface area is 103 Å². The predicted molar refractivity (Wildman–Crippen MR) is 61.1 cm³/mol. The van der Waals surface area contributed by atoms with Gasteiger partial charge in [0, 0.05) is 11.7 Å². The largest absolute Gasteiger partial charge is 0.417 e. The third kappa shape index (κ3) is 3.85. The summed E-state index contributed by atoms with van der Waals surface area (Å²) in [5.41, 5.74) is -0.722. The highest BCUT2D eigenvalue weighted by molar-refractivity contribution is 6.30. The monoisotopic (exact) mass is 266 g/mol. The Morgan fingerprint density at radius 2 is 1.94 bits per heavy atom. The van der Waals surface area contributed by atoms with E-state index in [1.165, 1.54) is 0 Å². The maximum Gasteiger partial charge on any atom is 0.417 e. The van der Waals surface area contributed by atoms with Crippen LogP contribution in [0.15, 0.2) is 12.3 Å². The van der Waals surface area contributed by atoms with Gasteiger partial charge in [-0.05, 0) is 38.9 Å². The lowest BCUT2D eigenvalue weighted by molar-refractivity contribution is -0.137. The Kier molecular flexibility index (Phi) is 4.04. The zero-order chi connectivity index (χ0) is 13.3. The minimum atomic E-state index is -4.39. The molecule has 17 heavy (non-hydrogen) atoms. The van der Waals surface area contributed by atoms with Gasteiger partial charge in [-0.2, -0.15) is 13.2 Å². The van der Waals surface area contributed by atoms with E-state index in [-0.39, 0.29) is 10.7 Å². The molecule has 1 aromatic rings. The zero-order valence-electron chi connectivity index (χ0n) is 9.82. The third-order valence-corrected chi connectivity index (χ3v) is 2.89. The molecule has 0 atom stereocenters. The minimum absolute atomic E-state index is 0.112. The average Bonchev–Trinajstić information content (AvgIpc) is 2.19. The summed E-state index contributed by atoms with van der Waals surface area (Å²) >= 11 is 5.80. The van der Waals surface area contributed by atoms with Crippen LogP contribution in [0, 0.1) is 0 Å². The van der Waals surface area contributed by atoms with Gasteiger partial charge >= 0.3 is 6.18 Å². The van der Waals surface area contributed by atoms with Gasteiger partial charge in [0.05, 0.1) is 5.56 Å². The van der Waals surface area contributed by atoms with Crippen molar-refractivity contribution >= 4 is 11.6 Å². The molecular weight excluding hydrogens is 253 g/mol. The molecule has 0 amide bonds. The average molecular weight is 267 g/mol. The van der Waals surface area contributed by atoms with Gasteiger partial charge in [0.2, 0.25) is 0 Å². The maximum absolute atomic E-state index is 12.5. The molecule has 2 nitrogen and oxygen atoms in total. The highest BCUT2D eigenvalue weighted by Crippen LogP contribution is 2.31. The van der Waals surface area contributed by atoms with Crippen molar-refractivity contribution in [1.82, 2.24) is 10.3 Å². The summed E-state index contributed by atoms with van der Waals surface area (Å²) in [6.07, 6.45) is -3.27. The summed E-state index contributed by atoms with van der Waals surface area (Å²) in [5.74, 6) is 0. The number of likely N-dealkylation sites (N-methyl/N-ethyl adjacent to an activating group) is 1. The minimum Gasteiger partial charge on any atom is -0.314 e. The van der Waals surface area contributed by atoms with Gasteiger partial charge in [-0.1, -0.05) is 11.6 Å². The SMILES string of the molecule is CNC(C)(C)Cc1cc(C(F)(F)F)cnc1Cl. The standard InChI is InChI=1S/C11H14ClF3N2/c1-10(2,16-3)5-7-4-8(11(13,14)15)6-17-9(7)12/h4,6,16H,5H2,1-3H3. The van der Waals surface area contributed by atoms with Crippen LogP contribution < -0.4 is 5.32 Å². The van der Waals surface area contributed by atoms with E-state index in [0.29, 0.717) is 12.0 Å². The molecule has 0 fully saturated rings. The molecule has 0 aliphatic heterocycles. The van der Waals surface area contributed by atoms with Gasteiger partial charge in [-0.3, -0.25) is 0 Å². The maximum atomic E-state index is 12.5. The normalized spacial score (nSPS) is 12.9. The number of hydrogen-bond donors (Lipinski definition) is 1. The van der Waals surface area contributed by atoms with E-state index in [4.69, 9.17) is 11.6 Å². The molecule has 0 aliphatic rings. The third-order valence-electron chi connectivity index (χ3n) is 2.55. The van der Waals surface area contributed by atoms with E-state index in [1.807, 2.05) is 13.8 Å². The summed E-state index contributed by atoms with van der Waals surface area (Å²) in [4.78, 5) is 3.58. The van der Waals surface area contributed by atoms with Crippen LogP contribution in [0.5, 0.6) is 0 Å². The fourth-order valence-corrected chi connectivity index (χ4v) is 1.51. The topological polar surface area (TPSA) is 24.9 Å². The second-order valence-corrected chi connectivity index (χ2v) is 4.84. The fourth-order valence-electron chi connectivity index (χ4n) is 1.34. The van der Waals surface area contributed by atoms with Crippen molar-refractivity contribution in [3.8, 4) is 0 Å². The smallest absolute Gasteiger partial charge is 0.314 e. The van der Waals surface area contributed by atoms with Crippen molar-refractivity contribution in [3.05, 3.63) is 28.5 Å². The molecule has 1 aromatic heterocycles. The van der Waals surface area contributed by atoms with Crippen LogP contribution in [0.2, 0.25) is 5.15 Å². The van der Waals surface area contributed by atoms with Crippen LogP contribution in [0.3, 0.4) is 0 Å². The van der Waals surface area contributed by atoms with E-state index in [1.54, 1.807) is 7.05 Å². The molecule has 0 saturated carbocycles. The molecule has 1 N–H and O–H groups in total. The Balaban J connectivity index is 3.08. The van der Waals surface area contributed by atoms with Crippen LogP contribution in [-0.2, 0) is 12.6 Å². The number of pyridine rings is 1. The Hall–Kier alpha value is -0.810. The number of halogens is 4. The number of nitrogens with one attached hydrogen (secondary N) is 1. The summed E-state index contributed by atoms with van der Waals surface area (Å²) in [7, 11) is 1.74. The number of aromatic nitrogens is 1. The molecule has 0 aromatic carbocycles. The number of hydrogen-bond acceptors (Lipinski definition) is 2. The van der Waals surface area contributed by atoms with Gasteiger partial charge in [0.15, 0.2) is 0 Å². The van der Waals surface area contributed by atoms with Crippen molar-refractivity contribution < 1.29 is 13.2 Å². The lowest BCUT2D eigenvalue weighted by Gasteiger charge is -2.24. The molecule has 1 heterocycles. The van der Waals surface area contributed by atoms with Crippen LogP contribution in [0.1, 0.15) is 25.0 Å². The Morgan fingerprint density at radius 1 is 1.35 bits per heavy atom. The molecular formula is C11H14ClF3N2. The van der Waals surface area contributed by atoms with Crippen molar-refractivity contribution in [3.63, 3.8) is 0 Å². The van der Waals surface area contributed by atoms with Crippen molar-refractivity contribution in [1.29, 1.82) is 0 Å². The van der Waals surface area contributed by atoms with Crippen molar-refractivity contribution in [2.45, 2.75) is 32.0 Å². The Bertz CT molecular complexity index is 402. The van der Waals surface area contributed by atoms with Gasteiger partial charge in [-0.15, -0.1) is 0 Å². The molecule has 96 valence electrons. The lowest BCUT2D eigenvalue weighted by Crippen LogP contribution is -2.38. The highest BCUT2D eigenvalue weighted by atomic mass is 35.5. The molecule has 6 heteroatoms. The molecule has 0 aliphatic carbocycles. The first-order valence-corrected chi connectivity index (χ1v) is 5.44. The van der Waals surface area contributed by atoms with Crippen LogP contribution in [-0.4, -0.2) is 17.6 Å². The van der Waals surface area contributed by atoms with E-state index < -0.39 is 11.7 Å². The van der Waals surface area contributed by atoms with Crippen LogP contribution in [0.25, 0.3) is 0 Å². The van der Waals surface area contributed by atoms with Crippen molar-refractivity contribution in [2.24, 2.45) is 0 Å². The first kappa shape index (κ1) is 14.3. The van der Waals surface area contributed by atoms with Crippen LogP contribution >= 0.6 is 11.6 Å². The fraction of sp³-hybridized carbons (Fsp3) is 0.545. The summed E-state index contributed by atoms with van der Waals surface area (Å²) < 4.78 is 37.5. The van der Waals surface area contributed by atoms with Gasteiger partial charge in [-0.25, -0.2) is 4.98 Å². The molecule has 0 bridgehead atoms. The number of alkyl halides is 3. The first-order chi connectivity index (χ1) is 7.65.